The van der Waals surface area contributed by atoms with Crippen LogP contribution in [-0.4, -0.2) is 52.4 Å². The van der Waals surface area contributed by atoms with Gasteiger partial charge in [-0.1, -0.05) is 0 Å². The standard InChI is InChI=1S/C20H22N2O6/c23-14-6-3-12(4-7-14)19(26)22-15-11-21-9-1-2-18(15)28-20(27)13-5-8-16(24)17(25)10-13/h3-8,10,15,18,21,23-25H,1-2,9,11H2,(H,22,26)/t15-,18-/m1/s1. The Morgan fingerprint density at radius 2 is 1.71 bits per heavy atom. The summed E-state index contributed by atoms with van der Waals surface area (Å²) in [6, 6.07) is 9.13. The predicted molar refractivity (Wildman–Crippen MR) is 100 cm³/mol. The van der Waals surface area contributed by atoms with Crippen LogP contribution in [0, 0.1) is 0 Å². The van der Waals surface area contributed by atoms with Crippen molar-refractivity contribution in [3.05, 3.63) is 53.6 Å². The molecule has 2 atom stereocenters. The maximum Gasteiger partial charge on any atom is 0.338 e. The quantitative estimate of drug-likeness (QED) is 0.398. The topological polar surface area (TPSA) is 128 Å². The number of hydrogen-bond donors (Lipinski definition) is 5. The number of amides is 1. The fraction of sp³-hybridized carbons (Fsp3) is 0.300. The Morgan fingerprint density at radius 1 is 1.00 bits per heavy atom. The molecule has 0 aliphatic carbocycles. The zero-order chi connectivity index (χ0) is 20.1. The van der Waals surface area contributed by atoms with Crippen LogP contribution in [0.2, 0.25) is 0 Å². The lowest BCUT2D eigenvalue weighted by atomic mass is 10.1. The second kappa shape index (κ2) is 8.62. The summed E-state index contributed by atoms with van der Waals surface area (Å²) >= 11 is 0. The minimum Gasteiger partial charge on any atom is -0.508 e. The fourth-order valence-corrected chi connectivity index (χ4v) is 3.02. The van der Waals surface area contributed by atoms with E-state index in [9.17, 15) is 24.9 Å². The van der Waals surface area contributed by atoms with E-state index >= 15 is 0 Å². The average Bonchev–Trinajstić information content (AvgIpc) is 2.89. The molecule has 2 aromatic carbocycles. The van der Waals surface area contributed by atoms with Crippen molar-refractivity contribution in [1.82, 2.24) is 10.6 Å². The van der Waals surface area contributed by atoms with Gasteiger partial charge in [0.25, 0.3) is 5.91 Å². The number of phenolic OH excluding ortho intramolecular Hbond substituents is 3. The Labute approximate surface area is 161 Å². The summed E-state index contributed by atoms with van der Waals surface area (Å²) in [6.07, 6.45) is 0.771. The second-order valence-corrected chi connectivity index (χ2v) is 6.62. The lowest BCUT2D eigenvalue weighted by molar-refractivity contribution is 0.0191. The van der Waals surface area contributed by atoms with Gasteiger partial charge in [-0.05, 0) is 61.9 Å². The number of carbonyl (C=O) groups is 2. The van der Waals surface area contributed by atoms with E-state index in [1.807, 2.05) is 0 Å². The minimum absolute atomic E-state index is 0.0663. The number of phenols is 3. The van der Waals surface area contributed by atoms with E-state index in [1.54, 1.807) is 0 Å². The van der Waals surface area contributed by atoms with Crippen molar-refractivity contribution in [1.29, 1.82) is 0 Å². The van der Waals surface area contributed by atoms with Crippen molar-refractivity contribution < 1.29 is 29.6 Å². The fourth-order valence-electron chi connectivity index (χ4n) is 3.02. The smallest absolute Gasteiger partial charge is 0.338 e. The van der Waals surface area contributed by atoms with Gasteiger partial charge in [0, 0.05) is 12.1 Å². The highest BCUT2D eigenvalue weighted by Crippen LogP contribution is 2.26. The Bertz CT molecular complexity index is 852. The molecule has 0 bridgehead atoms. The van der Waals surface area contributed by atoms with Gasteiger partial charge < -0.3 is 30.7 Å². The van der Waals surface area contributed by atoms with E-state index in [0.29, 0.717) is 18.5 Å². The van der Waals surface area contributed by atoms with Gasteiger partial charge in [0.1, 0.15) is 11.9 Å². The van der Waals surface area contributed by atoms with E-state index in [4.69, 9.17) is 4.74 Å². The van der Waals surface area contributed by atoms with Crippen LogP contribution >= 0.6 is 0 Å². The van der Waals surface area contributed by atoms with Crippen LogP contribution in [0.4, 0.5) is 0 Å². The van der Waals surface area contributed by atoms with Gasteiger partial charge in [-0.25, -0.2) is 4.79 Å². The van der Waals surface area contributed by atoms with E-state index in [-0.39, 0.29) is 23.0 Å². The van der Waals surface area contributed by atoms with Crippen molar-refractivity contribution in [2.45, 2.75) is 25.0 Å². The molecule has 0 aromatic heterocycles. The van der Waals surface area contributed by atoms with Gasteiger partial charge in [-0.2, -0.15) is 0 Å². The first-order valence-corrected chi connectivity index (χ1v) is 8.97. The third kappa shape index (κ3) is 4.72. The molecule has 1 heterocycles. The van der Waals surface area contributed by atoms with Crippen LogP contribution in [-0.2, 0) is 4.74 Å². The van der Waals surface area contributed by atoms with Crippen LogP contribution in [0.1, 0.15) is 33.6 Å². The summed E-state index contributed by atoms with van der Waals surface area (Å²) in [4.78, 5) is 24.9. The first-order chi connectivity index (χ1) is 13.4. The molecule has 28 heavy (non-hydrogen) atoms. The van der Waals surface area contributed by atoms with Crippen molar-refractivity contribution in [2.75, 3.05) is 13.1 Å². The molecule has 8 nitrogen and oxygen atoms in total. The van der Waals surface area contributed by atoms with Gasteiger partial charge in [-0.15, -0.1) is 0 Å². The maximum atomic E-state index is 12.5. The van der Waals surface area contributed by atoms with E-state index in [1.165, 1.54) is 36.4 Å². The molecular weight excluding hydrogens is 364 g/mol. The SMILES string of the molecule is O=C(N[C@@H]1CNCCC[C@H]1OC(=O)c1ccc(O)c(O)c1)c1ccc(O)cc1. The number of nitrogens with one attached hydrogen (secondary N) is 2. The summed E-state index contributed by atoms with van der Waals surface area (Å²) < 4.78 is 5.59. The monoisotopic (exact) mass is 386 g/mol. The molecule has 1 aliphatic rings. The van der Waals surface area contributed by atoms with E-state index in [2.05, 4.69) is 10.6 Å². The molecule has 8 heteroatoms. The Hall–Kier alpha value is -3.26. The molecular formula is C20H22N2O6. The minimum atomic E-state index is -0.647. The second-order valence-electron chi connectivity index (χ2n) is 6.62. The maximum absolute atomic E-state index is 12.5. The van der Waals surface area contributed by atoms with Crippen LogP contribution in [0.15, 0.2) is 42.5 Å². The zero-order valence-corrected chi connectivity index (χ0v) is 15.1. The van der Waals surface area contributed by atoms with Gasteiger partial charge in [-0.3, -0.25) is 4.79 Å². The van der Waals surface area contributed by atoms with Crippen LogP contribution in [0.3, 0.4) is 0 Å². The Balaban J connectivity index is 1.71. The van der Waals surface area contributed by atoms with E-state index < -0.39 is 23.9 Å². The third-order valence-electron chi connectivity index (χ3n) is 4.57. The highest BCUT2D eigenvalue weighted by molar-refractivity contribution is 5.94. The summed E-state index contributed by atoms with van der Waals surface area (Å²) in [5.74, 6) is -1.65. The first-order valence-electron chi connectivity index (χ1n) is 8.97. The van der Waals surface area contributed by atoms with Crippen molar-refractivity contribution in [3.8, 4) is 17.2 Å². The Kier molecular flexibility index (Phi) is 6.00. The van der Waals surface area contributed by atoms with Gasteiger partial charge in [0.15, 0.2) is 11.5 Å². The first kappa shape index (κ1) is 19.5. The third-order valence-corrected chi connectivity index (χ3v) is 4.57. The molecule has 5 N–H and O–H groups in total. The summed E-state index contributed by atoms with van der Waals surface area (Å²) in [7, 11) is 0. The van der Waals surface area contributed by atoms with Crippen LogP contribution in [0.25, 0.3) is 0 Å². The summed E-state index contributed by atoms with van der Waals surface area (Å²) in [5.41, 5.74) is 0.492. The number of benzene rings is 2. The number of carbonyl (C=O) groups excluding carboxylic acids is 2. The Morgan fingerprint density at radius 3 is 2.43 bits per heavy atom. The van der Waals surface area contributed by atoms with Crippen molar-refractivity contribution >= 4 is 11.9 Å². The molecule has 0 saturated carbocycles. The van der Waals surface area contributed by atoms with Gasteiger partial charge in [0.2, 0.25) is 0 Å². The highest BCUT2D eigenvalue weighted by atomic mass is 16.5. The van der Waals surface area contributed by atoms with Crippen molar-refractivity contribution in [3.63, 3.8) is 0 Å². The normalized spacial score (nSPS) is 19.4. The number of aromatic hydroxyl groups is 3. The lowest BCUT2D eigenvalue weighted by Gasteiger charge is -2.26. The molecule has 1 saturated heterocycles. The molecule has 0 radical (unpaired) electrons. The van der Waals surface area contributed by atoms with Crippen LogP contribution < -0.4 is 10.6 Å². The molecule has 2 aromatic rings. The van der Waals surface area contributed by atoms with Gasteiger partial charge >= 0.3 is 5.97 Å². The van der Waals surface area contributed by atoms with E-state index in [0.717, 1.165) is 19.0 Å². The number of rotatable bonds is 4. The molecule has 0 unspecified atom stereocenters. The predicted octanol–water partition coefficient (Wildman–Crippen LogP) is 1.51. The lowest BCUT2D eigenvalue weighted by Crippen LogP contribution is -2.49. The van der Waals surface area contributed by atoms with Gasteiger partial charge in [0.05, 0.1) is 11.6 Å². The number of hydrogen-bond acceptors (Lipinski definition) is 7. The largest absolute Gasteiger partial charge is 0.508 e. The molecule has 148 valence electrons. The van der Waals surface area contributed by atoms with Crippen molar-refractivity contribution in [2.24, 2.45) is 0 Å². The molecule has 1 amide bonds. The summed E-state index contributed by atoms with van der Waals surface area (Å²) in [6.45, 7) is 1.17. The molecule has 3 rings (SSSR count). The number of esters is 1. The average molecular weight is 386 g/mol. The highest BCUT2D eigenvalue weighted by Gasteiger charge is 2.29. The summed E-state index contributed by atoms with van der Waals surface area (Å²) in [5, 5.41) is 34.4. The zero-order valence-electron chi connectivity index (χ0n) is 15.1. The van der Waals surface area contributed by atoms with Crippen LogP contribution in [0.5, 0.6) is 17.2 Å². The number of ether oxygens (including phenoxy) is 1. The molecule has 1 fully saturated rings. The molecule has 1 aliphatic heterocycles. The molecule has 0 spiro atoms.